The molecule has 0 unspecified atom stereocenters. The van der Waals surface area contributed by atoms with E-state index in [2.05, 4.69) is 22.9 Å². The van der Waals surface area contributed by atoms with Crippen molar-refractivity contribution < 1.29 is 4.79 Å². The second-order valence-electron chi connectivity index (χ2n) is 6.66. The van der Waals surface area contributed by atoms with Crippen LogP contribution in [0.1, 0.15) is 17.4 Å². The summed E-state index contributed by atoms with van der Waals surface area (Å²) in [6.45, 7) is 6.60. The van der Waals surface area contributed by atoms with Gasteiger partial charge in [0.05, 0.1) is 4.90 Å². The Labute approximate surface area is 168 Å². The lowest BCUT2D eigenvalue weighted by atomic mass is 10.2. The van der Waals surface area contributed by atoms with Gasteiger partial charge in [0.1, 0.15) is 5.69 Å². The van der Waals surface area contributed by atoms with Crippen molar-refractivity contribution in [3.63, 3.8) is 0 Å². The molecule has 4 rings (SSSR count). The molecule has 2 heterocycles. The van der Waals surface area contributed by atoms with Crippen molar-refractivity contribution in [2.24, 2.45) is 0 Å². The van der Waals surface area contributed by atoms with Crippen molar-refractivity contribution in [3.05, 3.63) is 59.2 Å². The number of piperazine rings is 1. The number of amides is 1. The van der Waals surface area contributed by atoms with Crippen LogP contribution in [0.2, 0.25) is 5.02 Å². The van der Waals surface area contributed by atoms with Crippen LogP contribution in [-0.4, -0.2) is 53.4 Å². The number of carbonyl (C=O) groups excluding carboxylic acids is 1. The predicted octanol–water partition coefficient (Wildman–Crippen LogP) is 4.75. The smallest absolute Gasteiger partial charge is 0.271 e. The Morgan fingerprint density at radius 1 is 1.07 bits per heavy atom. The average Bonchev–Trinajstić information content (AvgIpc) is 3.08. The molecule has 27 heavy (non-hydrogen) atoms. The number of likely N-dealkylation sites (N-methyl/N-ethyl adjacent to an activating group) is 1. The zero-order valence-corrected chi connectivity index (χ0v) is 16.8. The number of para-hydroxylation sites is 1. The topological polar surface area (TPSA) is 39.3 Å². The normalized spacial score (nSPS) is 15.4. The number of carbonyl (C=O) groups is 1. The first-order valence-electron chi connectivity index (χ1n) is 9.21. The Morgan fingerprint density at radius 2 is 1.78 bits per heavy atom. The quantitative estimate of drug-likeness (QED) is 0.688. The van der Waals surface area contributed by atoms with Gasteiger partial charge >= 0.3 is 0 Å². The van der Waals surface area contributed by atoms with Gasteiger partial charge in [-0.1, -0.05) is 48.5 Å². The Morgan fingerprint density at radius 3 is 2.48 bits per heavy atom. The van der Waals surface area contributed by atoms with Crippen LogP contribution in [-0.2, 0) is 0 Å². The van der Waals surface area contributed by atoms with E-state index in [0.29, 0.717) is 10.7 Å². The third kappa shape index (κ3) is 3.86. The molecule has 1 fully saturated rings. The number of nitrogens with one attached hydrogen (secondary N) is 1. The molecule has 0 atom stereocenters. The van der Waals surface area contributed by atoms with E-state index in [4.69, 9.17) is 11.6 Å². The number of aromatic nitrogens is 1. The van der Waals surface area contributed by atoms with Gasteiger partial charge in [-0.3, -0.25) is 4.79 Å². The van der Waals surface area contributed by atoms with Gasteiger partial charge in [0.15, 0.2) is 0 Å². The van der Waals surface area contributed by atoms with Gasteiger partial charge in [-0.2, -0.15) is 0 Å². The summed E-state index contributed by atoms with van der Waals surface area (Å²) in [6, 6.07) is 15.8. The number of benzene rings is 2. The summed E-state index contributed by atoms with van der Waals surface area (Å²) in [5.41, 5.74) is 1.67. The lowest BCUT2D eigenvalue weighted by molar-refractivity contribution is 0.0635. The fourth-order valence-electron chi connectivity index (χ4n) is 3.42. The van der Waals surface area contributed by atoms with E-state index in [1.165, 1.54) is 0 Å². The van der Waals surface area contributed by atoms with Crippen LogP contribution in [0.15, 0.2) is 58.3 Å². The molecule has 0 spiro atoms. The Balaban J connectivity index is 1.67. The fraction of sp³-hybridized carbons (Fsp3) is 0.286. The summed E-state index contributed by atoms with van der Waals surface area (Å²) in [7, 11) is 0. The molecule has 6 heteroatoms. The van der Waals surface area contributed by atoms with Crippen molar-refractivity contribution >= 4 is 40.2 Å². The lowest BCUT2D eigenvalue weighted by Crippen LogP contribution is -2.48. The number of fused-ring (bicyclic) bond motifs is 1. The monoisotopic (exact) mass is 399 g/mol. The van der Waals surface area contributed by atoms with Crippen molar-refractivity contribution in [3.8, 4) is 0 Å². The number of hydrogen-bond donors (Lipinski definition) is 1. The largest absolute Gasteiger partial charge is 0.350 e. The second-order valence-corrected chi connectivity index (χ2v) is 8.18. The van der Waals surface area contributed by atoms with Gasteiger partial charge in [0.25, 0.3) is 5.91 Å². The van der Waals surface area contributed by atoms with E-state index in [1.54, 1.807) is 11.8 Å². The SMILES string of the molecule is CCN1CCN(C(=O)c2[nH]c3ccccc3c2Sc2ccc(Cl)cc2)CC1. The molecule has 3 aromatic rings. The summed E-state index contributed by atoms with van der Waals surface area (Å²) in [6.07, 6.45) is 0. The van der Waals surface area contributed by atoms with Crippen LogP contribution >= 0.6 is 23.4 Å². The minimum Gasteiger partial charge on any atom is -0.350 e. The van der Waals surface area contributed by atoms with Gasteiger partial charge in [0, 0.05) is 47.0 Å². The maximum absolute atomic E-state index is 13.3. The first-order valence-corrected chi connectivity index (χ1v) is 10.4. The molecule has 1 amide bonds. The molecule has 1 saturated heterocycles. The highest BCUT2D eigenvalue weighted by Gasteiger charge is 2.26. The molecule has 1 aliphatic heterocycles. The molecule has 1 aromatic heterocycles. The van der Waals surface area contributed by atoms with Crippen LogP contribution in [0.5, 0.6) is 0 Å². The van der Waals surface area contributed by atoms with Crippen LogP contribution in [0.3, 0.4) is 0 Å². The minimum atomic E-state index is 0.0819. The highest BCUT2D eigenvalue weighted by molar-refractivity contribution is 7.99. The van der Waals surface area contributed by atoms with Crippen molar-refractivity contribution in [1.29, 1.82) is 0 Å². The summed E-state index contributed by atoms with van der Waals surface area (Å²) < 4.78 is 0. The van der Waals surface area contributed by atoms with Crippen LogP contribution in [0.25, 0.3) is 10.9 Å². The Kier molecular flexibility index (Phi) is 5.43. The Bertz CT molecular complexity index is 946. The molecule has 0 bridgehead atoms. The van der Waals surface area contributed by atoms with Crippen molar-refractivity contribution in [2.75, 3.05) is 32.7 Å². The third-order valence-electron chi connectivity index (χ3n) is 5.01. The molecular formula is C21H22ClN3OS. The van der Waals surface area contributed by atoms with Crippen LogP contribution in [0.4, 0.5) is 0 Å². The van der Waals surface area contributed by atoms with E-state index in [9.17, 15) is 4.79 Å². The molecule has 1 N–H and O–H groups in total. The molecule has 1 aliphatic rings. The van der Waals surface area contributed by atoms with Gasteiger partial charge in [-0.05, 0) is 36.9 Å². The predicted molar refractivity (Wildman–Crippen MR) is 112 cm³/mol. The minimum absolute atomic E-state index is 0.0819. The van der Waals surface area contributed by atoms with Crippen molar-refractivity contribution in [2.45, 2.75) is 16.7 Å². The standard InChI is InChI=1S/C21H22ClN3OS/c1-2-24-11-13-25(14-12-24)21(26)19-20(17-5-3-4-6-18(17)23-19)27-16-9-7-15(22)8-10-16/h3-10,23H,2,11-14H2,1H3. The van der Waals surface area contributed by atoms with E-state index < -0.39 is 0 Å². The maximum Gasteiger partial charge on any atom is 0.271 e. The Hall–Kier alpha value is -1.95. The second kappa shape index (κ2) is 7.97. The van der Waals surface area contributed by atoms with Gasteiger partial charge < -0.3 is 14.8 Å². The summed E-state index contributed by atoms with van der Waals surface area (Å²) in [4.78, 5) is 23.0. The average molecular weight is 400 g/mol. The summed E-state index contributed by atoms with van der Waals surface area (Å²) in [5.74, 6) is 0.0819. The number of H-pyrrole nitrogens is 1. The molecule has 4 nitrogen and oxygen atoms in total. The number of hydrogen-bond acceptors (Lipinski definition) is 3. The molecular weight excluding hydrogens is 378 g/mol. The lowest BCUT2D eigenvalue weighted by Gasteiger charge is -2.34. The van der Waals surface area contributed by atoms with Crippen LogP contribution < -0.4 is 0 Å². The summed E-state index contributed by atoms with van der Waals surface area (Å²) >= 11 is 7.62. The molecule has 0 saturated carbocycles. The van der Waals surface area contributed by atoms with Crippen LogP contribution in [0, 0.1) is 0 Å². The number of aromatic amines is 1. The van der Waals surface area contributed by atoms with Crippen molar-refractivity contribution in [1.82, 2.24) is 14.8 Å². The number of halogens is 1. The highest BCUT2D eigenvalue weighted by Crippen LogP contribution is 2.37. The zero-order chi connectivity index (χ0) is 18.8. The zero-order valence-electron chi connectivity index (χ0n) is 15.2. The molecule has 0 aliphatic carbocycles. The number of rotatable bonds is 4. The van der Waals surface area contributed by atoms with Gasteiger partial charge in [-0.25, -0.2) is 0 Å². The highest BCUT2D eigenvalue weighted by atomic mass is 35.5. The first-order chi connectivity index (χ1) is 13.2. The number of nitrogens with zero attached hydrogens (tertiary/aromatic N) is 2. The van der Waals surface area contributed by atoms with Gasteiger partial charge in [0.2, 0.25) is 0 Å². The summed E-state index contributed by atoms with van der Waals surface area (Å²) in [5, 5.41) is 1.79. The third-order valence-corrected chi connectivity index (χ3v) is 6.40. The van der Waals surface area contributed by atoms with Gasteiger partial charge in [-0.15, -0.1) is 0 Å². The fourth-order valence-corrected chi connectivity index (χ4v) is 4.58. The van der Waals surface area contributed by atoms with E-state index in [1.807, 2.05) is 47.4 Å². The molecule has 140 valence electrons. The van der Waals surface area contributed by atoms with E-state index >= 15 is 0 Å². The van der Waals surface area contributed by atoms with E-state index in [0.717, 1.165) is 53.4 Å². The molecule has 2 aromatic carbocycles. The maximum atomic E-state index is 13.3. The van der Waals surface area contributed by atoms with E-state index in [-0.39, 0.29) is 5.91 Å². The first kappa shape index (κ1) is 18.4. The molecule has 0 radical (unpaired) electrons.